The molecule has 38 nitrogen and oxygen atoms in total. The molecule has 0 aromatic rings. The Balaban J connectivity index is 0.890. The van der Waals surface area contributed by atoms with Gasteiger partial charge in [-0.1, -0.05) is 70.4 Å². The van der Waals surface area contributed by atoms with Gasteiger partial charge in [0.15, 0.2) is 50.1 Å². The van der Waals surface area contributed by atoms with Crippen LogP contribution < -0.4 is 0 Å². The summed E-state index contributed by atoms with van der Waals surface area (Å²) in [7, 11) is 0. The number of allylic oxidation sites excluding steroid dienone is 8. The first-order chi connectivity index (χ1) is 56.6. The van der Waals surface area contributed by atoms with E-state index in [1.807, 2.05) is 45.1 Å². The number of rotatable bonds is 42. The minimum atomic E-state index is -1.97. The summed E-state index contributed by atoms with van der Waals surface area (Å²) in [5.74, 6) is -1.04. The fourth-order valence-corrected chi connectivity index (χ4v) is 14.8. The number of aliphatic hydroxyl groups excluding tert-OH is 22. The second-order valence-electron chi connectivity index (χ2n) is 32.9. The van der Waals surface area contributed by atoms with Gasteiger partial charge in [-0.25, -0.2) is 4.79 Å². The monoisotopic (exact) mass is 1730 g/mol. The number of carbonyl (C=O) groups excluding carboxylic acids is 1. The van der Waals surface area contributed by atoms with Crippen LogP contribution in [0.2, 0.25) is 0 Å². The highest BCUT2D eigenvalue weighted by Crippen LogP contribution is 2.39. The molecule has 38 atom stereocenters. The number of hydrogen-bond acceptors (Lipinski definition) is 38. The zero-order valence-electron chi connectivity index (χ0n) is 69.7. The van der Waals surface area contributed by atoms with Crippen LogP contribution in [0.3, 0.4) is 0 Å². The molecule has 690 valence electrons. The average Bonchev–Trinajstić information content (AvgIpc) is 0.784. The second kappa shape index (κ2) is 47.7. The summed E-state index contributed by atoms with van der Waals surface area (Å²) < 4.78 is 88.3. The minimum absolute atomic E-state index is 0.0912. The SMILES string of the molecule is C=C[C@](C)(CC/C=C(\C)CC/C=C(\C)CC/C=C(/C)CO[C@@H]1O[C@H](CO[C@@H]2O[C@@H](C)[C@H](O)[C@@H](O)[C@H]2O)[C@@H](O[C@H]2O[C@@H](C)[C@H](O)[C@@H](OC(=O)/C(C)=C/[C@@H](O)C/C(C)=C/CC/C(C)=C/CC[C@@](C)(C=C)O[C@@H]3O[C@H](CO)[C@@H](O)[C@H](O)[C@H]3O[C@@H]3O[C@H](CO)[C@@H](O)[C@H](O)[C@H]3O)[C@H]2O)[C@H](O)[C@H]1O)O[C@@H]1O[C@H](CO)[C@@H](O)[C@H](O)[C@H]1O[C@@H]1O[C@H](CO)[C@@H](O)[C@H](O)[C@H]1O. The van der Waals surface area contributed by atoms with Crippen molar-refractivity contribution in [1.29, 1.82) is 0 Å². The summed E-state index contributed by atoms with van der Waals surface area (Å²) in [6.45, 7) is 21.2. The fraction of sp³-hybridized carbons (Fsp3) is 0.793. The quantitative estimate of drug-likeness (QED) is 0.0161. The Morgan fingerprint density at radius 1 is 0.375 bits per heavy atom. The Morgan fingerprint density at radius 2 is 0.717 bits per heavy atom. The second-order valence-corrected chi connectivity index (χ2v) is 32.9. The van der Waals surface area contributed by atoms with E-state index in [2.05, 4.69) is 19.2 Å². The van der Waals surface area contributed by atoms with E-state index in [1.54, 1.807) is 27.7 Å². The van der Waals surface area contributed by atoms with Gasteiger partial charge in [-0.2, -0.15) is 0 Å². The Labute approximate surface area is 698 Å². The van der Waals surface area contributed by atoms with Crippen LogP contribution in [0.1, 0.15) is 140 Å². The molecule has 120 heavy (non-hydrogen) atoms. The molecular weight excluding hydrogens is 1590 g/mol. The molecule has 0 aromatic heterocycles. The molecule has 0 saturated carbocycles. The topological polar surface area (TPSA) is 601 Å². The Morgan fingerprint density at radius 3 is 1.17 bits per heavy atom. The molecule has 22 N–H and O–H groups in total. The van der Waals surface area contributed by atoms with Crippen molar-refractivity contribution < 1.29 is 188 Å². The predicted molar refractivity (Wildman–Crippen MR) is 418 cm³/mol. The van der Waals surface area contributed by atoms with Gasteiger partial charge in [0.1, 0.15) is 153 Å². The van der Waals surface area contributed by atoms with Crippen molar-refractivity contribution in [1.82, 2.24) is 0 Å². The molecule has 7 fully saturated rings. The highest BCUT2D eigenvalue weighted by Gasteiger charge is 2.57. The molecule has 0 radical (unpaired) electrons. The van der Waals surface area contributed by atoms with E-state index in [1.165, 1.54) is 39.0 Å². The lowest BCUT2D eigenvalue weighted by Crippen LogP contribution is -2.65. The molecule has 0 amide bonds. The van der Waals surface area contributed by atoms with Crippen molar-refractivity contribution >= 4 is 5.97 Å². The van der Waals surface area contributed by atoms with Crippen LogP contribution in [0.25, 0.3) is 0 Å². The summed E-state index contributed by atoms with van der Waals surface area (Å²) >= 11 is 0. The van der Waals surface area contributed by atoms with E-state index < -0.39 is 271 Å². The van der Waals surface area contributed by atoms with E-state index in [0.717, 1.165) is 27.9 Å². The third-order valence-corrected chi connectivity index (χ3v) is 22.9. The molecule has 7 saturated heterocycles. The number of aliphatic hydroxyl groups is 22. The highest BCUT2D eigenvalue weighted by atomic mass is 16.8. The lowest BCUT2D eigenvalue weighted by Gasteiger charge is -2.47. The van der Waals surface area contributed by atoms with Crippen molar-refractivity contribution in [2.75, 3.05) is 39.6 Å². The molecular formula is C82H134O38. The fourth-order valence-electron chi connectivity index (χ4n) is 14.8. The first-order valence-corrected chi connectivity index (χ1v) is 40.9. The van der Waals surface area contributed by atoms with Gasteiger partial charge in [-0.3, -0.25) is 0 Å². The molecule has 0 bridgehead atoms. The zero-order valence-corrected chi connectivity index (χ0v) is 69.7. The Kier molecular flexibility index (Phi) is 40.9. The predicted octanol–water partition coefficient (Wildman–Crippen LogP) is -3.44. The van der Waals surface area contributed by atoms with Crippen LogP contribution in [-0.4, -0.2) is 390 Å². The number of carbonyl (C=O) groups is 1. The van der Waals surface area contributed by atoms with Crippen LogP contribution in [0.5, 0.6) is 0 Å². The normalized spacial score (nSPS) is 41.1. The van der Waals surface area contributed by atoms with Gasteiger partial charge in [0.2, 0.25) is 0 Å². The van der Waals surface area contributed by atoms with Crippen molar-refractivity contribution in [3.05, 3.63) is 95.2 Å². The molecule has 0 spiro atoms. The molecule has 0 aromatic carbocycles. The maximum Gasteiger partial charge on any atom is 0.333 e. The average molecular weight is 1730 g/mol. The van der Waals surface area contributed by atoms with Crippen molar-refractivity contribution in [3.8, 4) is 0 Å². The summed E-state index contributed by atoms with van der Waals surface area (Å²) in [5.41, 5.74) is 2.18. The zero-order chi connectivity index (χ0) is 89.1. The Hall–Kier alpha value is -4.05. The van der Waals surface area contributed by atoms with Crippen LogP contribution >= 0.6 is 0 Å². The first kappa shape index (κ1) is 103. The third-order valence-electron chi connectivity index (χ3n) is 22.9. The number of ether oxygens (including phenoxy) is 15. The van der Waals surface area contributed by atoms with Gasteiger partial charge in [0.05, 0.1) is 69.2 Å². The van der Waals surface area contributed by atoms with Crippen molar-refractivity contribution in [2.45, 2.75) is 372 Å². The molecule has 7 heterocycles. The number of esters is 1. The van der Waals surface area contributed by atoms with Crippen LogP contribution in [-0.2, 0) is 75.8 Å². The molecule has 38 heteroatoms. The van der Waals surface area contributed by atoms with Gasteiger partial charge in [-0.15, -0.1) is 13.2 Å². The summed E-state index contributed by atoms with van der Waals surface area (Å²) in [5, 5.41) is 235. The van der Waals surface area contributed by atoms with Crippen molar-refractivity contribution in [3.63, 3.8) is 0 Å². The first-order valence-electron chi connectivity index (χ1n) is 40.9. The summed E-state index contributed by atoms with van der Waals surface area (Å²) in [6, 6.07) is 0. The van der Waals surface area contributed by atoms with Crippen LogP contribution in [0, 0.1) is 0 Å². The van der Waals surface area contributed by atoms with Gasteiger partial charge in [0.25, 0.3) is 0 Å². The minimum Gasteiger partial charge on any atom is -0.453 e. The molecule has 0 unspecified atom stereocenters. The summed E-state index contributed by atoms with van der Waals surface area (Å²) in [6.07, 6.45) is -38.3. The van der Waals surface area contributed by atoms with E-state index in [0.29, 0.717) is 64.2 Å². The molecule has 7 rings (SSSR count). The van der Waals surface area contributed by atoms with Gasteiger partial charge in [0, 0.05) is 5.57 Å². The summed E-state index contributed by atoms with van der Waals surface area (Å²) in [4.78, 5) is 13.7. The molecule has 7 aliphatic heterocycles. The van der Waals surface area contributed by atoms with Gasteiger partial charge in [-0.05, 0) is 146 Å². The third kappa shape index (κ3) is 27.5. The largest absolute Gasteiger partial charge is 0.453 e. The van der Waals surface area contributed by atoms with E-state index in [-0.39, 0.29) is 18.6 Å². The standard InChI is InChI=1S/C82H134O38/c1-13-81(11,119-79-71(61(97)56(92)49(34-85)112-79)117-76-65(101)59(95)54(90)47(32-83)110-76)28-18-26-39(4)21-15-20-38(3)23-17-25-42(7)36-106-75-67(103)63(99)69(51(114-75)37-107-74-64(100)58(94)52(88)44(9)108-74)116-78-68(104)70(53(89)45(10)109-78)115-73(105)43(8)31-46(87)30-41(6)24-16-22-40(5)27-19-29-82(12,14-2)120-80-72(62(98)57(93)50(35-86)113-80)118-77-66(102)60(96)55(91)48(33-84)111-77/h13-14,20,24-27,31,44-72,74-80,83-104H,1-2,15-19,21-23,28-30,32-37H2,3-12H3/b38-20+,39-26+,40-27+,41-24+,42-25-,43-31+/t44-,45-,46-,47+,48+,49+,50+,51+,52-,53-,54+,55+,56+,57+,58+,59-,60-,61-,62-,63+,64+,65+,66+,67+,68+,69+,70+,71+,72+,74+,75+,76-,77-,78+,79-,80-,81+,82+/m0/s1. The molecule has 0 aliphatic carbocycles. The van der Waals surface area contributed by atoms with Gasteiger partial charge >= 0.3 is 5.97 Å². The van der Waals surface area contributed by atoms with Gasteiger partial charge < -0.3 is 183 Å². The van der Waals surface area contributed by atoms with E-state index in [9.17, 15) is 117 Å². The number of hydrogen-bond donors (Lipinski definition) is 22. The van der Waals surface area contributed by atoms with Crippen molar-refractivity contribution in [2.24, 2.45) is 0 Å². The lowest BCUT2D eigenvalue weighted by molar-refractivity contribution is -0.375. The Bertz CT molecular complexity index is 3340. The smallest absolute Gasteiger partial charge is 0.333 e. The maximum absolute atomic E-state index is 13.7. The van der Waals surface area contributed by atoms with E-state index >= 15 is 0 Å². The van der Waals surface area contributed by atoms with Crippen LogP contribution in [0.15, 0.2) is 95.2 Å². The van der Waals surface area contributed by atoms with E-state index in [4.69, 9.17) is 71.1 Å². The van der Waals surface area contributed by atoms with Crippen LogP contribution in [0.4, 0.5) is 0 Å². The highest BCUT2D eigenvalue weighted by molar-refractivity contribution is 5.88. The maximum atomic E-state index is 13.7. The molecule has 7 aliphatic rings. The lowest BCUT2D eigenvalue weighted by atomic mass is 9.95.